The topological polar surface area (TPSA) is 52.9 Å². The largest absolute Gasteiger partial charge is 0.390 e. The summed E-state index contributed by atoms with van der Waals surface area (Å²) in [5.74, 6) is 2.18. The third kappa shape index (κ3) is 1.24. The summed E-state index contributed by atoms with van der Waals surface area (Å²) in [6, 6.07) is 0.387. The van der Waals surface area contributed by atoms with E-state index in [1.807, 2.05) is 0 Å². The van der Waals surface area contributed by atoms with E-state index < -0.39 is 5.60 Å². The second kappa shape index (κ2) is 3.22. The molecule has 3 unspecified atom stereocenters. The molecule has 7 atom stereocenters. The van der Waals surface area contributed by atoms with Gasteiger partial charge in [-0.1, -0.05) is 0 Å². The highest BCUT2D eigenvalue weighted by Gasteiger charge is 2.69. The van der Waals surface area contributed by atoms with Crippen molar-refractivity contribution in [1.82, 2.24) is 4.90 Å². The molecule has 4 bridgehead atoms. The van der Waals surface area contributed by atoms with Gasteiger partial charge in [0, 0.05) is 29.6 Å². The number of amides is 1. The predicted octanol–water partition coefficient (Wildman–Crippen LogP) is 1.37. The van der Waals surface area contributed by atoms with Crippen LogP contribution in [-0.4, -0.2) is 45.9 Å². The van der Waals surface area contributed by atoms with Crippen molar-refractivity contribution < 1.29 is 9.90 Å². The summed E-state index contributed by atoms with van der Waals surface area (Å²) in [5, 5.41) is 10.9. The highest BCUT2D eigenvalue weighted by molar-refractivity contribution is 6.07. The standard InChI is InChI=1S/C17H22N2O2/c20-15(19-2-1-10-4-12(10)19)14-17-6-9-3-11(13(17)18-14)7-16(21,5-9)8-17/h9-12,14,21H,1-8H2/t9-,10+,11?,12?,14?,16+,17+/m0/s1. The molecule has 7 rings (SSSR count). The molecule has 0 aromatic carbocycles. The van der Waals surface area contributed by atoms with Crippen LogP contribution in [0.5, 0.6) is 0 Å². The lowest BCUT2D eigenvalue weighted by Gasteiger charge is -2.65. The van der Waals surface area contributed by atoms with E-state index in [1.54, 1.807) is 0 Å². The molecule has 6 fully saturated rings. The number of piperidine rings is 1. The number of hydrogen-bond donors (Lipinski definition) is 1. The molecule has 1 saturated heterocycles. The zero-order valence-corrected chi connectivity index (χ0v) is 12.3. The van der Waals surface area contributed by atoms with Crippen LogP contribution in [0.1, 0.15) is 44.9 Å². The van der Waals surface area contributed by atoms with E-state index in [4.69, 9.17) is 4.99 Å². The Labute approximate surface area is 124 Å². The minimum atomic E-state index is -0.489. The monoisotopic (exact) mass is 286 g/mol. The summed E-state index contributed by atoms with van der Waals surface area (Å²) in [6.07, 6.45) is 7.41. The molecule has 112 valence electrons. The Morgan fingerprint density at radius 3 is 2.90 bits per heavy atom. The third-order valence-electron chi connectivity index (χ3n) is 7.44. The number of carbonyl (C=O) groups is 1. The number of aliphatic hydroxyl groups is 1. The number of fused-ring (bicyclic) bond motifs is 1. The predicted molar refractivity (Wildman–Crippen MR) is 76.9 cm³/mol. The quantitative estimate of drug-likeness (QED) is 0.791. The second-order valence-corrected chi connectivity index (χ2v) is 8.77. The van der Waals surface area contributed by atoms with Crippen LogP contribution in [0.2, 0.25) is 0 Å². The molecule has 2 aliphatic heterocycles. The number of hydrogen-bond acceptors (Lipinski definition) is 3. The van der Waals surface area contributed by atoms with Crippen molar-refractivity contribution in [3.63, 3.8) is 0 Å². The van der Waals surface area contributed by atoms with Gasteiger partial charge in [-0.2, -0.15) is 0 Å². The van der Waals surface area contributed by atoms with Crippen molar-refractivity contribution in [2.75, 3.05) is 6.54 Å². The van der Waals surface area contributed by atoms with Crippen LogP contribution in [0.25, 0.3) is 0 Å². The first-order chi connectivity index (χ1) is 10.1. The van der Waals surface area contributed by atoms with Crippen molar-refractivity contribution >= 4 is 11.6 Å². The lowest BCUT2D eigenvalue weighted by molar-refractivity contribution is -0.149. The van der Waals surface area contributed by atoms with Crippen LogP contribution >= 0.6 is 0 Å². The van der Waals surface area contributed by atoms with Gasteiger partial charge in [0.15, 0.2) is 0 Å². The number of rotatable bonds is 1. The van der Waals surface area contributed by atoms with Gasteiger partial charge in [-0.05, 0) is 56.8 Å². The van der Waals surface area contributed by atoms with E-state index in [-0.39, 0.29) is 17.4 Å². The van der Waals surface area contributed by atoms with Crippen molar-refractivity contribution in [3.05, 3.63) is 0 Å². The molecule has 5 aliphatic carbocycles. The molecule has 4 heteroatoms. The first kappa shape index (κ1) is 11.6. The van der Waals surface area contributed by atoms with E-state index in [0.717, 1.165) is 38.1 Å². The van der Waals surface area contributed by atoms with Gasteiger partial charge in [-0.25, -0.2) is 0 Å². The minimum Gasteiger partial charge on any atom is -0.390 e. The molecule has 1 amide bonds. The molecular weight excluding hydrogens is 264 g/mol. The van der Waals surface area contributed by atoms with Crippen LogP contribution in [0.3, 0.4) is 0 Å². The van der Waals surface area contributed by atoms with Crippen LogP contribution < -0.4 is 0 Å². The first-order valence-corrected chi connectivity index (χ1v) is 8.69. The highest BCUT2D eigenvalue weighted by atomic mass is 16.3. The van der Waals surface area contributed by atoms with Crippen LogP contribution in [0.4, 0.5) is 0 Å². The zero-order valence-electron chi connectivity index (χ0n) is 12.3. The molecule has 1 N–H and O–H groups in total. The summed E-state index contributed by atoms with van der Waals surface area (Å²) in [4.78, 5) is 19.9. The Bertz CT molecular complexity index is 602. The van der Waals surface area contributed by atoms with E-state index in [2.05, 4.69) is 4.90 Å². The fourth-order valence-electron chi connectivity index (χ4n) is 6.83. The van der Waals surface area contributed by atoms with E-state index in [0.29, 0.717) is 17.9 Å². The number of nitrogens with zero attached hydrogens (tertiary/aromatic N) is 2. The molecule has 2 heterocycles. The van der Waals surface area contributed by atoms with Crippen LogP contribution in [0, 0.1) is 23.2 Å². The smallest absolute Gasteiger partial charge is 0.248 e. The highest BCUT2D eigenvalue weighted by Crippen LogP contribution is 2.65. The van der Waals surface area contributed by atoms with Gasteiger partial charge in [0.25, 0.3) is 0 Å². The van der Waals surface area contributed by atoms with Gasteiger partial charge in [0.05, 0.1) is 5.60 Å². The van der Waals surface area contributed by atoms with E-state index in [9.17, 15) is 9.90 Å². The Morgan fingerprint density at radius 2 is 2.19 bits per heavy atom. The maximum absolute atomic E-state index is 13.0. The van der Waals surface area contributed by atoms with Crippen LogP contribution in [-0.2, 0) is 4.79 Å². The molecule has 21 heavy (non-hydrogen) atoms. The average molecular weight is 286 g/mol. The Kier molecular flexibility index (Phi) is 1.78. The summed E-state index contributed by atoms with van der Waals surface area (Å²) in [6.45, 7) is 0.947. The van der Waals surface area contributed by atoms with Crippen LogP contribution in [0.15, 0.2) is 4.99 Å². The summed E-state index contributed by atoms with van der Waals surface area (Å²) in [7, 11) is 0. The molecule has 0 aromatic rings. The van der Waals surface area contributed by atoms with Gasteiger partial charge in [0.2, 0.25) is 5.91 Å². The summed E-state index contributed by atoms with van der Waals surface area (Å²) >= 11 is 0. The molecular formula is C17H22N2O2. The lowest BCUT2D eigenvalue weighted by Crippen LogP contribution is -2.71. The van der Waals surface area contributed by atoms with E-state index >= 15 is 0 Å². The van der Waals surface area contributed by atoms with Gasteiger partial charge < -0.3 is 10.0 Å². The van der Waals surface area contributed by atoms with Gasteiger partial charge in [0.1, 0.15) is 6.04 Å². The Morgan fingerprint density at radius 1 is 1.29 bits per heavy atom. The Balaban J connectivity index is 1.37. The molecule has 0 radical (unpaired) electrons. The lowest BCUT2D eigenvalue weighted by atomic mass is 9.43. The molecule has 4 nitrogen and oxygen atoms in total. The SMILES string of the molecule is O=C(C1N=C2C3C[C@H]4C[C@@](O)(C3)C[C@]21C4)N1CC[C@@H]2CC21. The van der Waals surface area contributed by atoms with Gasteiger partial charge >= 0.3 is 0 Å². The van der Waals surface area contributed by atoms with Gasteiger partial charge in [-0.3, -0.25) is 9.79 Å². The second-order valence-electron chi connectivity index (χ2n) is 8.77. The number of likely N-dealkylation sites (tertiary alicyclic amines) is 1. The fraction of sp³-hybridized carbons (Fsp3) is 0.882. The van der Waals surface area contributed by atoms with Gasteiger partial charge in [-0.15, -0.1) is 0 Å². The summed E-state index contributed by atoms with van der Waals surface area (Å²) in [5.41, 5.74) is 0.785. The fourth-order valence-corrected chi connectivity index (χ4v) is 6.83. The summed E-state index contributed by atoms with van der Waals surface area (Å²) < 4.78 is 0. The van der Waals surface area contributed by atoms with Crippen molar-refractivity contribution in [2.45, 2.75) is 62.6 Å². The van der Waals surface area contributed by atoms with E-state index in [1.165, 1.54) is 25.0 Å². The molecule has 0 aromatic heterocycles. The maximum Gasteiger partial charge on any atom is 0.248 e. The molecule has 7 aliphatic rings. The third-order valence-corrected chi connectivity index (χ3v) is 7.44. The average Bonchev–Trinajstić information content (AvgIpc) is 3.04. The van der Waals surface area contributed by atoms with Crippen molar-refractivity contribution in [1.29, 1.82) is 0 Å². The van der Waals surface area contributed by atoms with Crippen molar-refractivity contribution in [3.8, 4) is 0 Å². The number of aliphatic imine (C=N–C) groups is 1. The maximum atomic E-state index is 13.0. The molecule has 5 saturated carbocycles. The normalized spacial score (nSPS) is 58.4. The zero-order chi connectivity index (χ0) is 14.0. The minimum absolute atomic E-state index is 0.0388. The first-order valence-electron chi connectivity index (χ1n) is 8.69. The molecule has 1 spiro atoms. The Hall–Kier alpha value is -0.900. The van der Waals surface area contributed by atoms with Crippen molar-refractivity contribution in [2.24, 2.45) is 28.2 Å². The number of carbonyl (C=O) groups excluding carboxylic acids is 1.